The number of amides is 2. The van der Waals surface area contributed by atoms with E-state index >= 15 is 0 Å². The fourth-order valence-corrected chi connectivity index (χ4v) is 6.35. The third-order valence-corrected chi connectivity index (χ3v) is 9.20. The van der Waals surface area contributed by atoms with Gasteiger partial charge in [0.1, 0.15) is 0 Å². The topological polar surface area (TPSA) is 150 Å². The molecule has 0 bridgehead atoms. The molecule has 0 radical (unpaired) electrons. The van der Waals surface area contributed by atoms with Crippen LogP contribution in [0.4, 0.5) is 0 Å². The number of aryl methyl sites for hydroxylation is 1. The second-order valence-corrected chi connectivity index (χ2v) is 12.5. The molecule has 1 saturated heterocycles. The molecule has 0 aliphatic carbocycles. The largest absolute Gasteiger partial charge is 0.350 e. The van der Waals surface area contributed by atoms with E-state index in [0.717, 1.165) is 24.7 Å². The van der Waals surface area contributed by atoms with E-state index < -0.39 is 38.6 Å². The summed E-state index contributed by atoms with van der Waals surface area (Å²) in [6, 6.07) is 11.4. The molecule has 2 aromatic rings. The standard InChI is InChI=1S/C29H40N4O6S/c1-4-17-29(28(35)32-30,40(3,36)37)20-24-21(2)16-18-31-26(24)23(14-10-13-22-11-6-5-7-12-22)27(34)33-39-25-15-8-9-19-38-25/h5-7,10-13,16,18,23,25H,4,8-9,14-15,17,19-20,30H2,1-3H3,(H,32,35)(H,33,34)/b13-10+/t23-,25?,29+/m0/s1. The van der Waals surface area contributed by atoms with Crippen LogP contribution in [-0.2, 0) is 35.4 Å². The molecular formula is C29H40N4O6S. The van der Waals surface area contributed by atoms with Crippen molar-refractivity contribution in [1.82, 2.24) is 15.9 Å². The third kappa shape index (κ3) is 7.75. The Morgan fingerprint density at radius 2 is 2.00 bits per heavy atom. The number of carbonyl (C=O) groups excluding carboxylic acids is 2. The monoisotopic (exact) mass is 572 g/mol. The Hall–Kier alpha value is -3.12. The number of hydrogen-bond donors (Lipinski definition) is 3. The van der Waals surface area contributed by atoms with Crippen molar-refractivity contribution in [1.29, 1.82) is 0 Å². The number of pyridine rings is 1. The molecule has 2 heterocycles. The maximum absolute atomic E-state index is 13.6. The van der Waals surface area contributed by atoms with Crippen LogP contribution < -0.4 is 16.7 Å². The van der Waals surface area contributed by atoms with E-state index in [2.05, 4.69) is 15.9 Å². The van der Waals surface area contributed by atoms with Gasteiger partial charge in [0.15, 0.2) is 20.9 Å². The summed E-state index contributed by atoms with van der Waals surface area (Å²) in [7, 11) is -3.93. The summed E-state index contributed by atoms with van der Waals surface area (Å²) in [6.45, 7) is 4.17. The van der Waals surface area contributed by atoms with E-state index in [0.29, 0.717) is 36.3 Å². The van der Waals surface area contributed by atoms with Gasteiger partial charge in [-0.25, -0.2) is 24.6 Å². The van der Waals surface area contributed by atoms with Gasteiger partial charge >= 0.3 is 0 Å². The summed E-state index contributed by atoms with van der Waals surface area (Å²) in [5.74, 6) is 3.39. The zero-order chi connectivity index (χ0) is 29.2. The number of aromatic nitrogens is 1. The van der Waals surface area contributed by atoms with Crippen molar-refractivity contribution in [3.05, 3.63) is 71.1 Å². The quantitative estimate of drug-likeness (QED) is 0.188. The zero-order valence-corrected chi connectivity index (χ0v) is 24.2. The lowest BCUT2D eigenvalue weighted by Gasteiger charge is -2.32. The normalized spacial score (nSPS) is 18.1. The first kappa shape index (κ1) is 31.4. The molecule has 1 unspecified atom stereocenters. The van der Waals surface area contributed by atoms with Crippen molar-refractivity contribution in [3.8, 4) is 0 Å². The maximum atomic E-state index is 13.6. The van der Waals surface area contributed by atoms with E-state index in [1.165, 1.54) is 0 Å². The van der Waals surface area contributed by atoms with Crippen LogP contribution in [0.15, 0.2) is 48.7 Å². The van der Waals surface area contributed by atoms with E-state index in [1.54, 1.807) is 26.1 Å². The van der Waals surface area contributed by atoms with Crippen molar-refractivity contribution < 1.29 is 27.6 Å². The predicted octanol–water partition coefficient (Wildman–Crippen LogP) is 3.27. The van der Waals surface area contributed by atoms with Crippen molar-refractivity contribution in [2.75, 3.05) is 12.9 Å². The molecule has 1 aromatic heterocycles. The maximum Gasteiger partial charge on any atom is 0.255 e. The van der Waals surface area contributed by atoms with Gasteiger partial charge in [0.05, 0.1) is 11.6 Å². The molecule has 3 rings (SSSR count). The van der Waals surface area contributed by atoms with Crippen LogP contribution >= 0.6 is 0 Å². The first-order chi connectivity index (χ1) is 19.1. The van der Waals surface area contributed by atoms with Gasteiger partial charge in [-0.2, -0.15) is 0 Å². The number of nitrogens with two attached hydrogens (primary N) is 1. The molecule has 4 N–H and O–H groups in total. The minimum Gasteiger partial charge on any atom is -0.350 e. The summed E-state index contributed by atoms with van der Waals surface area (Å²) >= 11 is 0. The molecular weight excluding hydrogens is 532 g/mol. The van der Waals surface area contributed by atoms with Gasteiger partial charge in [-0.05, 0) is 55.4 Å². The SMILES string of the molecule is CCC[C@@](Cc1c(C)ccnc1[C@H](C/C=C/c1ccccc1)C(=O)NOC1CCCCO1)(C(=O)NN)S(C)(=O)=O. The molecule has 10 nitrogen and oxygen atoms in total. The van der Waals surface area contributed by atoms with Gasteiger partial charge in [-0.3, -0.25) is 20.0 Å². The van der Waals surface area contributed by atoms with Gasteiger partial charge in [0.25, 0.3) is 11.8 Å². The molecule has 3 atom stereocenters. The van der Waals surface area contributed by atoms with Gasteiger partial charge in [-0.1, -0.05) is 55.8 Å². The number of hydrogen-bond acceptors (Lipinski definition) is 8. The number of benzene rings is 1. The Balaban J connectivity index is 2.03. The first-order valence-electron chi connectivity index (χ1n) is 13.6. The molecule has 0 saturated carbocycles. The van der Waals surface area contributed by atoms with Gasteiger partial charge in [0, 0.05) is 31.9 Å². The average Bonchev–Trinajstić information content (AvgIpc) is 2.95. The molecule has 0 spiro atoms. The Morgan fingerprint density at radius 3 is 2.62 bits per heavy atom. The number of hydroxylamine groups is 1. The van der Waals surface area contributed by atoms with E-state index in [4.69, 9.17) is 15.4 Å². The Morgan fingerprint density at radius 1 is 1.25 bits per heavy atom. The molecule has 1 aliphatic heterocycles. The highest BCUT2D eigenvalue weighted by molar-refractivity contribution is 7.92. The number of hydrazine groups is 1. The summed E-state index contributed by atoms with van der Waals surface area (Å²) in [5.41, 5.74) is 7.15. The molecule has 2 amide bonds. The number of sulfone groups is 1. The predicted molar refractivity (Wildman–Crippen MR) is 153 cm³/mol. The molecule has 11 heteroatoms. The highest BCUT2D eigenvalue weighted by atomic mass is 32.2. The van der Waals surface area contributed by atoms with Crippen LogP contribution in [0.25, 0.3) is 6.08 Å². The number of rotatable bonds is 13. The van der Waals surface area contributed by atoms with Gasteiger partial charge in [0.2, 0.25) is 0 Å². The number of nitrogens with zero attached hydrogens (tertiary/aromatic N) is 1. The van der Waals surface area contributed by atoms with Crippen LogP contribution in [0.1, 0.15) is 73.8 Å². The van der Waals surface area contributed by atoms with Crippen molar-refractivity contribution >= 4 is 27.7 Å². The van der Waals surface area contributed by atoms with Crippen molar-refractivity contribution in [3.63, 3.8) is 0 Å². The highest BCUT2D eigenvalue weighted by Crippen LogP contribution is 2.34. The number of ether oxygens (including phenoxy) is 1. The fraction of sp³-hybridized carbons (Fsp3) is 0.483. The lowest BCUT2D eigenvalue weighted by atomic mass is 9.86. The summed E-state index contributed by atoms with van der Waals surface area (Å²) in [6.07, 6.45) is 8.91. The molecule has 218 valence electrons. The van der Waals surface area contributed by atoms with Gasteiger partial charge in [-0.15, -0.1) is 0 Å². The minimum absolute atomic E-state index is 0.0511. The van der Waals surface area contributed by atoms with Crippen molar-refractivity contribution in [2.24, 2.45) is 5.84 Å². The summed E-state index contributed by atoms with van der Waals surface area (Å²) in [4.78, 5) is 36.8. The van der Waals surface area contributed by atoms with Crippen LogP contribution in [0.3, 0.4) is 0 Å². The third-order valence-electron chi connectivity index (χ3n) is 7.25. The first-order valence-corrected chi connectivity index (χ1v) is 15.5. The Bertz CT molecular complexity index is 1280. The number of nitrogens with one attached hydrogen (secondary N) is 2. The number of carbonyl (C=O) groups is 2. The minimum atomic E-state index is -3.93. The smallest absolute Gasteiger partial charge is 0.255 e. The van der Waals surface area contributed by atoms with E-state index in [1.807, 2.05) is 42.5 Å². The number of allylic oxidation sites excluding steroid dienone is 1. The van der Waals surface area contributed by atoms with Crippen LogP contribution in [0, 0.1) is 6.92 Å². The van der Waals surface area contributed by atoms with E-state index in [9.17, 15) is 18.0 Å². The lowest BCUT2D eigenvalue weighted by Crippen LogP contribution is -2.55. The molecule has 40 heavy (non-hydrogen) atoms. The van der Waals surface area contributed by atoms with Gasteiger partial charge < -0.3 is 4.74 Å². The van der Waals surface area contributed by atoms with Crippen LogP contribution in [0.2, 0.25) is 0 Å². The Kier molecular flexibility index (Phi) is 11.4. The Labute approximate surface area is 236 Å². The summed E-state index contributed by atoms with van der Waals surface area (Å²) in [5, 5.41) is 0. The zero-order valence-electron chi connectivity index (χ0n) is 23.4. The lowest BCUT2D eigenvalue weighted by molar-refractivity contribution is -0.201. The summed E-state index contributed by atoms with van der Waals surface area (Å²) < 4.78 is 30.0. The molecule has 1 aromatic carbocycles. The fourth-order valence-electron chi connectivity index (χ4n) is 4.97. The second kappa shape index (κ2) is 14.5. The van der Waals surface area contributed by atoms with Crippen LogP contribution in [-0.4, -0.2) is 49.1 Å². The highest BCUT2D eigenvalue weighted by Gasteiger charge is 2.48. The second-order valence-electron chi connectivity index (χ2n) is 10.1. The van der Waals surface area contributed by atoms with E-state index in [-0.39, 0.29) is 19.3 Å². The van der Waals surface area contributed by atoms with Crippen molar-refractivity contribution in [2.45, 2.75) is 75.7 Å². The molecule has 1 fully saturated rings. The van der Waals surface area contributed by atoms with Crippen LogP contribution in [0.5, 0.6) is 0 Å². The molecule has 1 aliphatic rings. The average molecular weight is 573 g/mol.